The van der Waals surface area contributed by atoms with Crippen LogP contribution in [0.4, 0.5) is 0 Å². The van der Waals surface area contributed by atoms with E-state index < -0.39 is 22.9 Å². The van der Waals surface area contributed by atoms with E-state index in [1.807, 2.05) is 6.92 Å². The van der Waals surface area contributed by atoms with Crippen LogP contribution < -0.4 is 4.72 Å². The predicted molar refractivity (Wildman–Crippen MR) is 105 cm³/mol. The van der Waals surface area contributed by atoms with E-state index in [0.717, 1.165) is 5.56 Å². The zero-order valence-corrected chi connectivity index (χ0v) is 17.3. The summed E-state index contributed by atoms with van der Waals surface area (Å²) in [4.78, 5) is 12.3. The first-order valence-electron chi connectivity index (χ1n) is 8.34. The fourth-order valence-corrected chi connectivity index (χ4v) is 6.61. The minimum absolute atomic E-state index is 0.0148. The van der Waals surface area contributed by atoms with Gasteiger partial charge in [-0.15, -0.1) is 0 Å². The topological polar surface area (TPSA) is 98.8 Å². The van der Waals surface area contributed by atoms with Gasteiger partial charge in [-0.05, 0) is 31.2 Å². The average Bonchev–Trinajstić information content (AvgIpc) is 2.70. The smallest absolute Gasteiger partial charge is 0.310 e. The van der Waals surface area contributed by atoms with Crippen LogP contribution in [0.5, 0.6) is 0 Å². The van der Waals surface area contributed by atoms with Crippen molar-refractivity contribution in [3.8, 4) is 0 Å². The number of sulfonamides is 1. The van der Waals surface area contributed by atoms with Crippen LogP contribution in [0.15, 0.2) is 65.6 Å². The molecule has 0 bridgehead atoms. The molecule has 9 heteroatoms. The summed E-state index contributed by atoms with van der Waals surface area (Å²) in [6.07, 6.45) is 2.40. The number of rotatable bonds is 6. The van der Waals surface area contributed by atoms with Crippen LogP contribution in [0.2, 0.25) is 0 Å². The quantitative estimate of drug-likeness (QED) is 0.718. The van der Waals surface area contributed by atoms with Crippen molar-refractivity contribution in [3.63, 3.8) is 0 Å². The van der Waals surface area contributed by atoms with Gasteiger partial charge >= 0.3 is 7.60 Å². The van der Waals surface area contributed by atoms with Crippen molar-refractivity contribution in [1.29, 1.82) is 0 Å². The van der Waals surface area contributed by atoms with Crippen LogP contribution in [-0.2, 0) is 28.9 Å². The second-order valence-electron chi connectivity index (χ2n) is 6.29. The maximum absolute atomic E-state index is 13.5. The standard InChI is InChI=1S/C19H20NO6PS/c1-14-8-10-15(11-9-14)28(23,24)20-19(27(22,25-2)26-3)13-12-18(21)16-6-4-5-7-17(16)19/h4-13,20H,1-3H3. The normalized spacial score (nSPS) is 19.5. The molecule has 7 nitrogen and oxygen atoms in total. The number of carbonyl (C=O) groups excluding carboxylic acids is 1. The Morgan fingerprint density at radius 2 is 1.61 bits per heavy atom. The van der Waals surface area contributed by atoms with Crippen molar-refractivity contribution < 1.29 is 26.8 Å². The lowest BCUT2D eigenvalue weighted by molar-refractivity contribution is 0.104. The fraction of sp³-hybridized carbons (Fsp3) is 0.211. The van der Waals surface area contributed by atoms with Gasteiger partial charge in [-0.2, -0.15) is 4.72 Å². The third-order valence-corrected chi connectivity index (χ3v) is 8.57. The number of allylic oxidation sites excluding steroid dienone is 1. The molecule has 2 aromatic rings. The lowest BCUT2D eigenvalue weighted by Crippen LogP contribution is -2.47. The monoisotopic (exact) mass is 421 g/mol. The van der Waals surface area contributed by atoms with E-state index in [0.29, 0.717) is 0 Å². The van der Waals surface area contributed by atoms with Gasteiger partial charge in [0.25, 0.3) is 0 Å². The van der Waals surface area contributed by atoms with Crippen molar-refractivity contribution in [1.82, 2.24) is 4.72 Å². The first kappa shape index (κ1) is 20.6. The lowest BCUT2D eigenvalue weighted by atomic mass is 9.92. The molecular weight excluding hydrogens is 401 g/mol. The molecule has 148 valence electrons. The van der Waals surface area contributed by atoms with Gasteiger partial charge in [-0.1, -0.05) is 42.0 Å². The molecule has 1 aliphatic carbocycles. The van der Waals surface area contributed by atoms with Crippen molar-refractivity contribution in [3.05, 3.63) is 77.4 Å². The molecule has 0 radical (unpaired) electrons. The van der Waals surface area contributed by atoms with Crippen LogP contribution >= 0.6 is 7.60 Å². The molecule has 28 heavy (non-hydrogen) atoms. The summed E-state index contributed by atoms with van der Waals surface area (Å²) < 4.78 is 52.6. The number of fused-ring (bicyclic) bond motifs is 1. The van der Waals surface area contributed by atoms with Crippen LogP contribution in [-0.4, -0.2) is 28.4 Å². The summed E-state index contributed by atoms with van der Waals surface area (Å²) in [6, 6.07) is 12.5. The zero-order valence-electron chi connectivity index (χ0n) is 15.6. The van der Waals surface area contributed by atoms with Gasteiger partial charge in [0.1, 0.15) is 0 Å². The van der Waals surface area contributed by atoms with Crippen molar-refractivity contribution in [2.45, 2.75) is 17.1 Å². The predicted octanol–water partition coefficient (Wildman–Crippen LogP) is 3.36. The molecule has 0 aliphatic heterocycles. The fourth-order valence-electron chi connectivity index (χ4n) is 3.13. The highest BCUT2D eigenvalue weighted by atomic mass is 32.2. The molecular formula is C19H20NO6PS. The van der Waals surface area contributed by atoms with Crippen molar-refractivity contribution in [2.75, 3.05) is 14.2 Å². The molecule has 0 amide bonds. The Morgan fingerprint density at radius 3 is 2.21 bits per heavy atom. The molecule has 0 saturated carbocycles. The highest BCUT2D eigenvalue weighted by Crippen LogP contribution is 2.65. The van der Waals surface area contributed by atoms with Gasteiger partial charge in [0, 0.05) is 25.3 Å². The average molecular weight is 421 g/mol. The summed E-state index contributed by atoms with van der Waals surface area (Å²) in [5, 5.41) is -1.90. The minimum Gasteiger partial charge on any atom is -0.310 e. The molecule has 2 aromatic carbocycles. The highest BCUT2D eigenvalue weighted by molar-refractivity contribution is 7.90. The SMILES string of the molecule is COP(=O)(OC)C1(NS(=O)(=O)c2ccc(C)cc2)C=CC(=O)c2ccccc21. The third kappa shape index (κ3) is 3.27. The lowest BCUT2D eigenvalue weighted by Gasteiger charge is -2.38. The summed E-state index contributed by atoms with van der Waals surface area (Å²) in [6.45, 7) is 1.83. The Morgan fingerprint density at radius 1 is 1.00 bits per heavy atom. The van der Waals surface area contributed by atoms with E-state index >= 15 is 0 Å². The second kappa shape index (κ2) is 7.39. The Balaban J connectivity index is 2.25. The molecule has 3 rings (SSSR count). The van der Waals surface area contributed by atoms with Crippen molar-refractivity contribution >= 4 is 23.4 Å². The number of nitrogens with one attached hydrogen (secondary N) is 1. The zero-order chi connectivity index (χ0) is 20.6. The van der Waals surface area contributed by atoms with E-state index in [1.165, 1.54) is 50.6 Å². The van der Waals surface area contributed by atoms with Gasteiger partial charge in [-0.25, -0.2) is 8.42 Å². The van der Waals surface area contributed by atoms with Gasteiger partial charge in [0.15, 0.2) is 11.1 Å². The summed E-state index contributed by atoms with van der Waals surface area (Å²) >= 11 is 0. The summed E-state index contributed by atoms with van der Waals surface area (Å²) in [7, 11) is -5.91. The van der Waals surface area contributed by atoms with E-state index in [1.54, 1.807) is 24.3 Å². The summed E-state index contributed by atoms with van der Waals surface area (Å²) in [5.41, 5.74) is 1.30. The van der Waals surface area contributed by atoms with Gasteiger partial charge in [-0.3, -0.25) is 9.36 Å². The number of benzene rings is 2. The van der Waals surface area contributed by atoms with Crippen LogP contribution in [0.25, 0.3) is 0 Å². The molecule has 1 unspecified atom stereocenters. The second-order valence-corrected chi connectivity index (χ2v) is 10.4. The number of hydrogen-bond acceptors (Lipinski definition) is 6. The van der Waals surface area contributed by atoms with Gasteiger partial charge in [0.2, 0.25) is 10.0 Å². The van der Waals surface area contributed by atoms with Gasteiger partial charge < -0.3 is 9.05 Å². The van der Waals surface area contributed by atoms with Crippen LogP contribution in [0.3, 0.4) is 0 Å². The number of ketones is 1. The number of aryl methyl sites for hydroxylation is 1. The van der Waals surface area contributed by atoms with E-state index in [9.17, 15) is 17.8 Å². The minimum atomic E-state index is -4.14. The summed E-state index contributed by atoms with van der Waals surface area (Å²) in [5.74, 6) is -0.334. The molecule has 0 saturated heterocycles. The Kier molecular flexibility index (Phi) is 5.44. The Labute approximate surface area is 164 Å². The van der Waals surface area contributed by atoms with E-state index in [2.05, 4.69) is 4.72 Å². The molecule has 0 aromatic heterocycles. The maximum atomic E-state index is 13.5. The molecule has 0 heterocycles. The van der Waals surface area contributed by atoms with Crippen LogP contribution in [0.1, 0.15) is 21.5 Å². The van der Waals surface area contributed by atoms with Crippen LogP contribution in [0, 0.1) is 6.92 Å². The largest absolute Gasteiger partial charge is 0.359 e. The van der Waals surface area contributed by atoms with E-state index in [-0.39, 0.29) is 21.8 Å². The molecule has 1 aliphatic rings. The highest BCUT2D eigenvalue weighted by Gasteiger charge is 2.55. The first-order valence-corrected chi connectivity index (χ1v) is 11.4. The van der Waals surface area contributed by atoms with Crippen molar-refractivity contribution in [2.24, 2.45) is 0 Å². The third-order valence-electron chi connectivity index (χ3n) is 4.61. The molecule has 0 spiro atoms. The number of hydrogen-bond donors (Lipinski definition) is 1. The maximum Gasteiger partial charge on any atom is 0.359 e. The number of carbonyl (C=O) groups is 1. The van der Waals surface area contributed by atoms with Gasteiger partial charge in [0.05, 0.1) is 4.90 Å². The van der Waals surface area contributed by atoms with E-state index in [4.69, 9.17) is 9.05 Å². The molecule has 1 N–H and O–H groups in total. The Hall–Kier alpha value is -2.09. The molecule has 1 atom stereocenters. The molecule has 0 fully saturated rings. The Bertz CT molecular complexity index is 1090. The first-order chi connectivity index (χ1) is 13.2.